The normalized spacial score (nSPS) is 23.9. The van der Waals surface area contributed by atoms with Crippen molar-refractivity contribution in [3.63, 3.8) is 0 Å². The fourth-order valence-electron chi connectivity index (χ4n) is 3.81. The molecule has 3 aliphatic rings. The van der Waals surface area contributed by atoms with Crippen LogP contribution in [0.1, 0.15) is 22.5 Å². The SMILES string of the molecule is Cl.O=C(N[C@H]1CN2CCC1CC2)c1ccc(-c2ccccc2[N+](=O)[O-])s1. The van der Waals surface area contributed by atoms with E-state index in [0.29, 0.717) is 16.4 Å². The lowest BCUT2D eigenvalue weighted by molar-refractivity contribution is -0.384. The molecule has 0 radical (unpaired) electrons. The standard InChI is InChI=1S/C18H19N3O3S.ClH/c22-18(19-14-11-20-9-7-12(14)8-10-20)17-6-5-16(25-17)13-3-1-2-4-15(13)21(23)24;/h1-6,12,14H,7-11H2,(H,19,22);1H/t14-;/m0./s1. The summed E-state index contributed by atoms with van der Waals surface area (Å²) in [5.74, 6) is 0.497. The highest BCUT2D eigenvalue weighted by Crippen LogP contribution is 2.35. The number of carbonyl (C=O) groups excluding carboxylic acids is 1. The van der Waals surface area contributed by atoms with E-state index in [1.165, 1.54) is 17.4 Å². The fourth-order valence-corrected chi connectivity index (χ4v) is 4.76. The molecule has 3 aliphatic heterocycles. The highest BCUT2D eigenvalue weighted by Gasteiger charge is 2.35. The molecule has 2 bridgehead atoms. The van der Waals surface area contributed by atoms with Crippen LogP contribution >= 0.6 is 23.7 Å². The van der Waals surface area contributed by atoms with Gasteiger partial charge >= 0.3 is 0 Å². The van der Waals surface area contributed by atoms with Gasteiger partial charge in [-0.3, -0.25) is 14.9 Å². The summed E-state index contributed by atoms with van der Waals surface area (Å²) in [6.45, 7) is 3.20. The van der Waals surface area contributed by atoms with Crippen LogP contribution in [0.25, 0.3) is 10.4 Å². The first-order chi connectivity index (χ1) is 12.1. The minimum absolute atomic E-state index is 0. The number of nitro groups is 1. The number of amides is 1. The van der Waals surface area contributed by atoms with Crippen molar-refractivity contribution in [2.45, 2.75) is 18.9 Å². The lowest BCUT2D eigenvalue weighted by atomic mass is 9.84. The first-order valence-electron chi connectivity index (χ1n) is 8.48. The summed E-state index contributed by atoms with van der Waals surface area (Å²) in [5.41, 5.74) is 0.619. The molecule has 6 nitrogen and oxygen atoms in total. The maximum absolute atomic E-state index is 12.6. The van der Waals surface area contributed by atoms with Crippen LogP contribution in [-0.4, -0.2) is 41.4 Å². The number of fused-ring (bicyclic) bond motifs is 3. The van der Waals surface area contributed by atoms with Crippen molar-refractivity contribution in [1.29, 1.82) is 0 Å². The van der Waals surface area contributed by atoms with Crippen LogP contribution in [0.4, 0.5) is 5.69 Å². The number of piperidine rings is 3. The van der Waals surface area contributed by atoms with Crippen LogP contribution in [0, 0.1) is 16.0 Å². The van der Waals surface area contributed by atoms with E-state index in [0.717, 1.165) is 37.4 Å². The molecule has 1 amide bonds. The number of nitrogens with one attached hydrogen (secondary N) is 1. The van der Waals surface area contributed by atoms with Crippen LogP contribution in [0.3, 0.4) is 0 Å². The van der Waals surface area contributed by atoms with Gasteiger partial charge in [-0.1, -0.05) is 12.1 Å². The first-order valence-corrected chi connectivity index (χ1v) is 9.30. The van der Waals surface area contributed by atoms with Crippen molar-refractivity contribution in [2.24, 2.45) is 5.92 Å². The summed E-state index contributed by atoms with van der Waals surface area (Å²) in [5, 5.41) is 14.4. The fraction of sp³-hybridized carbons (Fsp3) is 0.389. The lowest BCUT2D eigenvalue weighted by Crippen LogP contribution is -2.57. The number of carbonyl (C=O) groups is 1. The highest BCUT2D eigenvalue weighted by molar-refractivity contribution is 7.17. The molecule has 0 saturated carbocycles. The summed E-state index contributed by atoms with van der Waals surface area (Å²) in [7, 11) is 0. The number of nitrogens with zero attached hydrogens (tertiary/aromatic N) is 2. The van der Waals surface area contributed by atoms with Crippen LogP contribution < -0.4 is 5.32 Å². The Bertz CT molecular complexity index is 818. The van der Waals surface area contributed by atoms with Gasteiger partial charge in [0.25, 0.3) is 11.6 Å². The third kappa shape index (κ3) is 3.60. The number of hydrogen-bond donors (Lipinski definition) is 1. The molecule has 3 saturated heterocycles. The Kier molecular flexibility index (Phi) is 5.60. The van der Waals surface area contributed by atoms with Crippen LogP contribution in [-0.2, 0) is 0 Å². The molecule has 1 atom stereocenters. The lowest BCUT2D eigenvalue weighted by Gasteiger charge is -2.44. The van der Waals surface area contributed by atoms with Gasteiger partial charge < -0.3 is 10.2 Å². The minimum atomic E-state index is -0.387. The Hall–Kier alpha value is -1.96. The molecular formula is C18H20ClN3O3S. The monoisotopic (exact) mass is 393 g/mol. The molecular weight excluding hydrogens is 374 g/mol. The number of thiophene rings is 1. The minimum Gasteiger partial charge on any atom is -0.347 e. The molecule has 26 heavy (non-hydrogen) atoms. The van der Waals surface area contributed by atoms with E-state index in [9.17, 15) is 14.9 Å². The van der Waals surface area contributed by atoms with Crippen molar-refractivity contribution >= 4 is 35.3 Å². The Morgan fingerprint density at radius 1 is 1.19 bits per heavy atom. The van der Waals surface area contributed by atoms with Gasteiger partial charge in [-0.25, -0.2) is 0 Å². The third-order valence-electron chi connectivity index (χ3n) is 5.17. The third-order valence-corrected chi connectivity index (χ3v) is 6.29. The molecule has 0 aliphatic carbocycles. The molecule has 5 rings (SSSR count). The molecule has 1 aromatic carbocycles. The zero-order chi connectivity index (χ0) is 17.4. The number of para-hydroxylation sites is 1. The Labute approximate surface area is 161 Å². The second-order valence-corrected chi connectivity index (χ2v) is 7.74. The predicted octanol–water partition coefficient (Wildman–Crippen LogP) is 3.57. The Balaban J connectivity index is 0.00000196. The average Bonchev–Trinajstić information content (AvgIpc) is 3.13. The largest absolute Gasteiger partial charge is 0.347 e. The number of nitro benzene ring substituents is 1. The van der Waals surface area contributed by atoms with Crippen LogP contribution in [0.2, 0.25) is 0 Å². The molecule has 3 fully saturated rings. The van der Waals surface area contributed by atoms with Crippen molar-refractivity contribution in [2.75, 3.05) is 19.6 Å². The second-order valence-electron chi connectivity index (χ2n) is 6.66. The summed E-state index contributed by atoms with van der Waals surface area (Å²) < 4.78 is 0. The van der Waals surface area contributed by atoms with E-state index in [-0.39, 0.29) is 35.0 Å². The molecule has 1 N–H and O–H groups in total. The molecule has 4 heterocycles. The molecule has 0 spiro atoms. The van der Waals surface area contributed by atoms with Gasteiger partial charge in [0.15, 0.2) is 0 Å². The topological polar surface area (TPSA) is 75.5 Å². The van der Waals surface area contributed by atoms with E-state index in [1.807, 2.05) is 0 Å². The average molecular weight is 394 g/mol. The van der Waals surface area contributed by atoms with Crippen molar-refractivity contribution < 1.29 is 9.72 Å². The van der Waals surface area contributed by atoms with Gasteiger partial charge in [-0.2, -0.15) is 0 Å². The quantitative estimate of drug-likeness (QED) is 0.636. The summed E-state index contributed by atoms with van der Waals surface area (Å²) in [6, 6.07) is 10.4. The van der Waals surface area contributed by atoms with E-state index in [2.05, 4.69) is 10.2 Å². The molecule has 1 aromatic heterocycles. The summed E-state index contributed by atoms with van der Waals surface area (Å²) in [6.07, 6.45) is 2.30. The van der Waals surface area contributed by atoms with E-state index in [1.54, 1.807) is 30.3 Å². The van der Waals surface area contributed by atoms with Gasteiger partial charge in [0.05, 0.1) is 15.4 Å². The molecule has 8 heteroatoms. The van der Waals surface area contributed by atoms with Crippen molar-refractivity contribution in [1.82, 2.24) is 10.2 Å². The van der Waals surface area contributed by atoms with Gasteiger partial charge in [0.2, 0.25) is 0 Å². The van der Waals surface area contributed by atoms with Gasteiger partial charge in [-0.05, 0) is 50.0 Å². The number of hydrogen-bond acceptors (Lipinski definition) is 5. The summed E-state index contributed by atoms with van der Waals surface area (Å²) in [4.78, 5) is 27.2. The van der Waals surface area contributed by atoms with Gasteiger partial charge in [-0.15, -0.1) is 23.7 Å². The zero-order valence-electron chi connectivity index (χ0n) is 14.1. The Morgan fingerprint density at radius 3 is 2.58 bits per heavy atom. The van der Waals surface area contributed by atoms with Gasteiger partial charge in [0.1, 0.15) is 0 Å². The summed E-state index contributed by atoms with van der Waals surface area (Å²) >= 11 is 1.30. The maximum atomic E-state index is 12.6. The van der Waals surface area contributed by atoms with E-state index in [4.69, 9.17) is 0 Å². The Morgan fingerprint density at radius 2 is 1.92 bits per heavy atom. The second kappa shape index (κ2) is 7.73. The first kappa shape index (κ1) is 18.8. The maximum Gasteiger partial charge on any atom is 0.278 e. The van der Waals surface area contributed by atoms with Crippen molar-refractivity contribution in [3.05, 3.63) is 51.4 Å². The molecule has 0 unspecified atom stereocenters. The van der Waals surface area contributed by atoms with Gasteiger partial charge in [0, 0.05) is 23.5 Å². The number of benzene rings is 1. The van der Waals surface area contributed by atoms with E-state index < -0.39 is 0 Å². The predicted molar refractivity (Wildman–Crippen MR) is 104 cm³/mol. The van der Waals surface area contributed by atoms with Crippen LogP contribution in [0.5, 0.6) is 0 Å². The van der Waals surface area contributed by atoms with E-state index >= 15 is 0 Å². The zero-order valence-corrected chi connectivity index (χ0v) is 15.7. The molecule has 138 valence electrons. The smallest absolute Gasteiger partial charge is 0.278 e. The number of rotatable bonds is 4. The number of halogens is 1. The van der Waals surface area contributed by atoms with Crippen LogP contribution in [0.15, 0.2) is 36.4 Å². The van der Waals surface area contributed by atoms with Crippen molar-refractivity contribution in [3.8, 4) is 10.4 Å². The highest BCUT2D eigenvalue weighted by atomic mass is 35.5. The molecule has 2 aromatic rings.